The van der Waals surface area contributed by atoms with Gasteiger partial charge in [-0.15, -0.1) is 0 Å². The fourth-order valence-corrected chi connectivity index (χ4v) is 1.87. The summed E-state index contributed by atoms with van der Waals surface area (Å²) in [6.45, 7) is 6.63. The first-order chi connectivity index (χ1) is 5.15. The van der Waals surface area contributed by atoms with E-state index in [-0.39, 0.29) is 12.7 Å². The molecule has 1 aliphatic rings. The van der Waals surface area contributed by atoms with Crippen molar-refractivity contribution in [2.24, 2.45) is 11.8 Å². The molecule has 0 bridgehead atoms. The molecule has 3 atom stereocenters. The van der Waals surface area contributed by atoms with Crippen LogP contribution in [0.5, 0.6) is 0 Å². The third kappa shape index (κ3) is 1.94. The number of hydrogen-bond donors (Lipinski definition) is 1. The van der Waals surface area contributed by atoms with Gasteiger partial charge in [-0.25, -0.2) is 0 Å². The highest BCUT2D eigenvalue weighted by atomic mass is 16.5. The Morgan fingerprint density at radius 3 is 2.55 bits per heavy atom. The molecular formula is C9H18O2. The van der Waals surface area contributed by atoms with Crippen LogP contribution >= 0.6 is 0 Å². The Hall–Kier alpha value is -0.0800. The smallest absolute Gasteiger partial charge is 0.0840 e. The molecule has 0 aromatic rings. The Bertz CT molecular complexity index is 123. The Labute approximate surface area is 68.6 Å². The van der Waals surface area contributed by atoms with E-state index in [0.717, 1.165) is 6.42 Å². The maximum Gasteiger partial charge on any atom is 0.0840 e. The van der Waals surface area contributed by atoms with E-state index in [1.165, 1.54) is 0 Å². The summed E-state index contributed by atoms with van der Waals surface area (Å²) in [5, 5.41) is 8.98. The zero-order valence-electron chi connectivity index (χ0n) is 7.58. The lowest BCUT2D eigenvalue weighted by molar-refractivity contribution is 0.000646. The van der Waals surface area contributed by atoms with Gasteiger partial charge in [-0.05, 0) is 25.2 Å². The molecule has 1 saturated heterocycles. The van der Waals surface area contributed by atoms with Crippen LogP contribution in [0.4, 0.5) is 0 Å². The van der Waals surface area contributed by atoms with Gasteiger partial charge in [0.05, 0.1) is 18.8 Å². The van der Waals surface area contributed by atoms with E-state index in [4.69, 9.17) is 9.84 Å². The minimum absolute atomic E-state index is 0.0880. The molecule has 0 spiro atoms. The molecule has 2 nitrogen and oxygen atoms in total. The zero-order chi connectivity index (χ0) is 8.43. The average molecular weight is 158 g/mol. The van der Waals surface area contributed by atoms with Crippen molar-refractivity contribution < 1.29 is 9.84 Å². The molecular weight excluding hydrogens is 140 g/mol. The standard InChI is InChI=1S/C9H18O2/c1-6(2)8-4-7(3)11-9(8)5-10/h6-10H,4-5H2,1-3H3/t7-,8?,9+/m0/s1. The van der Waals surface area contributed by atoms with Crippen molar-refractivity contribution in [1.29, 1.82) is 0 Å². The molecule has 2 heteroatoms. The van der Waals surface area contributed by atoms with Crippen molar-refractivity contribution in [3.05, 3.63) is 0 Å². The second kappa shape index (κ2) is 3.55. The lowest BCUT2D eigenvalue weighted by atomic mass is 9.88. The Morgan fingerprint density at radius 1 is 1.55 bits per heavy atom. The second-order valence-corrected chi connectivity index (χ2v) is 3.81. The largest absolute Gasteiger partial charge is 0.394 e. The molecule has 66 valence electrons. The fraction of sp³-hybridized carbons (Fsp3) is 1.00. The van der Waals surface area contributed by atoms with Crippen LogP contribution in [0.15, 0.2) is 0 Å². The summed E-state index contributed by atoms with van der Waals surface area (Å²) in [6, 6.07) is 0. The topological polar surface area (TPSA) is 29.5 Å². The molecule has 1 heterocycles. The average Bonchev–Trinajstić information content (AvgIpc) is 2.30. The van der Waals surface area contributed by atoms with Crippen LogP contribution < -0.4 is 0 Å². The SMILES string of the molecule is CC(C)C1C[C@H](C)O[C@@H]1CO. The van der Waals surface area contributed by atoms with Crippen molar-refractivity contribution >= 4 is 0 Å². The van der Waals surface area contributed by atoms with Gasteiger partial charge in [0.1, 0.15) is 0 Å². The van der Waals surface area contributed by atoms with E-state index >= 15 is 0 Å². The number of hydrogen-bond acceptors (Lipinski definition) is 2. The van der Waals surface area contributed by atoms with E-state index in [1.807, 2.05) is 0 Å². The minimum Gasteiger partial charge on any atom is -0.394 e. The first kappa shape index (κ1) is 9.01. The van der Waals surface area contributed by atoms with Crippen molar-refractivity contribution in [1.82, 2.24) is 0 Å². The van der Waals surface area contributed by atoms with Gasteiger partial charge < -0.3 is 9.84 Å². The lowest BCUT2D eigenvalue weighted by Crippen LogP contribution is -2.24. The monoisotopic (exact) mass is 158 g/mol. The molecule has 11 heavy (non-hydrogen) atoms. The van der Waals surface area contributed by atoms with Gasteiger partial charge >= 0.3 is 0 Å². The van der Waals surface area contributed by atoms with E-state index in [0.29, 0.717) is 17.9 Å². The van der Waals surface area contributed by atoms with Crippen LogP contribution in [-0.4, -0.2) is 23.9 Å². The molecule has 0 radical (unpaired) electrons. The number of aliphatic hydroxyl groups is 1. The van der Waals surface area contributed by atoms with Crippen molar-refractivity contribution in [2.45, 2.75) is 39.4 Å². The van der Waals surface area contributed by atoms with Crippen molar-refractivity contribution in [3.8, 4) is 0 Å². The zero-order valence-corrected chi connectivity index (χ0v) is 7.58. The van der Waals surface area contributed by atoms with Gasteiger partial charge in [-0.1, -0.05) is 13.8 Å². The van der Waals surface area contributed by atoms with E-state index in [2.05, 4.69) is 20.8 Å². The molecule has 0 aromatic carbocycles. The molecule has 0 amide bonds. The highest BCUT2D eigenvalue weighted by Gasteiger charge is 2.33. The third-order valence-electron chi connectivity index (χ3n) is 2.52. The molecule has 1 aliphatic heterocycles. The van der Waals surface area contributed by atoms with Gasteiger partial charge in [-0.3, -0.25) is 0 Å². The molecule has 1 fully saturated rings. The Morgan fingerprint density at radius 2 is 2.18 bits per heavy atom. The van der Waals surface area contributed by atoms with E-state index in [1.54, 1.807) is 0 Å². The first-order valence-electron chi connectivity index (χ1n) is 4.41. The van der Waals surface area contributed by atoms with Gasteiger partial charge in [0.25, 0.3) is 0 Å². The lowest BCUT2D eigenvalue weighted by Gasteiger charge is -2.19. The minimum atomic E-state index is 0.0880. The van der Waals surface area contributed by atoms with Gasteiger partial charge in [0.2, 0.25) is 0 Å². The summed E-state index contributed by atoms with van der Waals surface area (Å²) < 4.78 is 5.53. The summed E-state index contributed by atoms with van der Waals surface area (Å²) in [5.74, 6) is 1.17. The highest BCUT2D eigenvalue weighted by Crippen LogP contribution is 2.31. The normalized spacial score (nSPS) is 38.5. The molecule has 0 aromatic heterocycles. The van der Waals surface area contributed by atoms with Crippen molar-refractivity contribution in [2.75, 3.05) is 6.61 Å². The number of aliphatic hydroxyl groups excluding tert-OH is 1. The number of rotatable bonds is 2. The van der Waals surface area contributed by atoms with Gasteiger partial charge in [0, 0.05) is 0 Å². The fourth-order valence-electron chi connectivity index (χ4n) is 1.87. The maximum absolute atomic E-state index is 8.98. The molecule has 0 aliphatic carbocycles. The number of ether oxygens (including phenoxy) is 1. The first-order valence-corrected chi connectivity index (χ1v) is 4.41. The highest BCUT2D eigenvalue weighted by molar-refractivity contribution is 4.81. The predicted octanol–water partition coefficient (Wildman–Crippen LogP) is 1.43. The van der Waals surface area contributed by atoms with E-state index < -0.39 is 0 Å². The summed E-state index contributed by atoms with van der Waals surface area (Å²) >= 11 is 0. The van der Waals surface area contributed by atoms with Crippen LogP contribution in [-0.2, 0) is 4.74 Å². The van der Waals surface area contributed by atoms with Crippen LogP contribution in [0.3, 0.4) is 0 Å². The van der Waals surface area contributed by atoms with Crippen LogP contribution in [0.1, 0.15) is 27.2 Å². The van der Waals surface area contributed by atoms with Crippen LogP contribution in [0, 0.1) is 11.8 Å². The van der Waals surface area contributed by atoms with Gasteiger partial charge in [-0.2, -0.15) is 0 Å². The summed E-state index contributed by atoms with van der Waals surface area (Å²) in [4.78, 5) is 0. The van der Waals surface area contributed by atoms with Crippen LogP contribution in [0.25, 0.3) is 0 Å². The summed E-state index contributed by atoms with van der Waals surface area (Å²) in [7, 11) is 0. The second-order valence-electron chi connectivity index (χ2n) is 3.81. The van der Waals surface area contributed by atoms with Crippen LogP contribution in [0.2, 0.25) is 0 Å². The summed E-state index contributed by atoms with van der Waals surface area (Å²) in [5.41, 5.74) is 0. The van der Waals surface area contributed by atoms with E-state index in [9.17, 15) is 0 Å². The predicted molar refractivity (Wildman–Crippen MR) is 44.4 cm³/mol. The quantitative estimate of drug-likeness (QED) is 0.658. The van der Waals surface area contributed by atoms with Gasteiger partial charge in [0.15, 0.2) is 0 Å². The molecule has 1 N–H and O–H groups in total. The maximum atomic E-state index is 8.98. The molecule has 1 rings (SSSR count). The Kier molecular flexibility index (Phi) is 2.90. The van der Waals surface area contributed by atoms with Crippen molar-refractivity contribution in [3.63, 3.8) is 0 Å². The molecule has 0 saturated carbocycles. The summed E-state index contributed by atoms with van der Waals surface area (Å²) in [6.07, 6.45) is 1.52. The Balaban J connectivity index is 2.50. The third-order valence-corrected chi connectivity index (χ3v) is 2.52. The molecule has 1 unspecified atom stereocenters.